The van der Waals surface area contributed by atoms with Crippen molar-refractivity contribution in [2.75, 3.05) is 13.2 Å². The lowest BCUT2D eigenvalue weighted by Gasteiger charge is -2.33. The average molecular weight is 549 g/mol. The lowest BCUT2D eigenvalue weighted by molar-refractivity contribution is -0.177. The minimum absolute atomic E-state index is 0.253. The van der Waals surface area contributed by atoms with Crippen LogP contribution in [-0.4, -0.2) is 36.9 Å². The maximum absolute atomic E-state index is 13.5. The number of hydrogen-bond acceptors (Lipinski definition) is 6. The van der Waals surface area contributed by atoms with E-state index >= 15 is 0 Å². The van der Waals surface area contributed by atoms with Gasteiger partial charge in [0.1, 0.15) is 23.7 Å². The first-order valence-corrected chi connectivity index (χ1v) is 13.1. The number of benzene rings is 2. The summed E-state index contributed by atoms with van der Waals surface area (Å²) in [5, 5.41) is 0.847. The van der Waals surface area contributed by atoms with Crippen molar-refractivity contribution in [1.29, 1.82) is 0 Å². The largest absolute Gasteiger partial charge is 0.493 e. The number of fused-ring (bicyclic) bond motifs is 1. The van der Waals surface area contributed by atoms with Crippen LogP contribution in [0, 0.1) is 11.3 Å². The molecule has 0 aliphatic heterocycles. The van der Waals surface area contributed by atoms with Crippen LogP contribution in [0.4, 0.5) is 13.2 Å². The van der Waals surface area contributed by atoms with Crippen LogP contribution >= 0.6 is 0 Å². The topological polar surface area (TPSA) is 101 Å². The standard InChI is InChI=1S/C30H39F3N2O4/c1-6-20-9-7-8-10-23(20)26-14-21-11-12-22(15-25(21)39-26)37-17-29(5,16-30(31,32)33)18-38-27(36)24(13-19(2)34)28(3,4)35/h7-12,14-15,19,24H,6,13,16-18,34-35H2,1-5H3. The van der Waals surface area contributed by atoms with Crippen LogP contribution < -0.4 is 16.2 Å². The lowest BCUT2D eigenvalue weighted by atomic mass is 9.83. The fourth-order valence-electron chi connectivity index (χ4n) is 4.61. The van der Waals surface area contributed by atoms with Crippen molar-refractivity contribution in [3.63, 3.8) is 0 Å². The Labute approximate surface area is 227 Å². The van der Waals surface area contributed by atoms with Crippen LogP contribution in [0.3, 0.4) is 0 Å². The van der Waals surface area contributed by atoms with Gasteiger partial charge in [-0.15, -0.1) is 0 Å². The molecule has 0 aliphatic carbocycles. The molecule has 0 saturated heterocycles. The van der Waals surface area contributed by atoms with Crippen molar-refractivity contribution in [3.8, 4) is 17.1 Å². The molecule has 0 saturated carbocycles. The van der Waals surface area contributed by atoms with Gasteiger partial charge in [0.05, 0.1) is 18.9 Å². The predicted molar refractivity (Wildman–Crippen MR) is 146 cm³/mol. The number of furan rings is 1. The predicted octanol–water partition coefficient (Wildman–Crippen LogP) is 6.63. The minimum atomic E-state index is -4.49. The number of halogens is 3. The first kappa shape index (κ1) is 30.5. The van der Waals surface area contributed by atoms with Crippen LogP contribution in [0.1, 0.15) is 53.0 Å². The molecule has 0 bridgehead atoms. The zero-order valence-corrected chi connectivity index (χ0v) is 23.2. The molecule has 3 unspecified atom stereocenters. The monoisotopic (exact) mass is 548 g/mol. The van der Waals surface area contributed by atoms with Gasteiger partial charge in [-0.25, -0.2) is 0 Å². The minimum Gasteiger partial charge on any atom is -0.493 e. The number of hydrogen-bond donors (Lipinski definition) is 2. The molecule has 9 heteroatoms. The third kappa shape index (κ3) is 8.47. The van der Waals surface area contributed by atoms with Crippen LogP contribution in [0.2, 0.25) is 0 Å². The van der Waals surface area contributed by atoms with E-state index in [1.807, 2.05) is 30.3 Å². The van der Waals surface area contributed by atoms with Gasteiger partial charge in [-0.1, -0.05) is 38.1 Å². The summed E-state index contributed by atoms with van der Waals surface area (Å²) in [7, 11) is 0. The van der Waals surface area contributed by atoms with Gasteiger partial charge in [0, 0.05) is 34.0 Å². The molecule has 2 aromatic carbocycles. The number of rotatable bonds is 12. The molecule has 0 aliphatic rings. The lowest BCUT2D eigenvalue weighted by Crippen LogP contribution is -2.48. The second-order valence-corrected chi connectivity index (χ2v) is 11.4. The van der Waals surface area contributed by atoms with Crippen molar-refractivity contribution in [3.05, 3.63) is 54.1 Å². The van der Waals surface area contributed by atoms with E-state index in [1.54, 1.807) is 39.0 Å². The van der Waals surface area contributed by atoms with E-state index in [2.05, 4.69) is 6.92 Å². The molecule has 0 amide bonds. The quantitative estimate of drug-likeness (QED) is 0.246. The second kappa shape index (κ2) is 12.0. The summed E-state index contributed by atoms with van der Waals surface area (Å²) < 4.78 is 57.8. The van der Waals surface area contributed by atoms with E-state index < -0.39 is 42.0 Å². The van der Waals surface area contributed by atoms with Crippen molar-refractivity contribution < 1.29 is 31.9 Å². The van der Waals surface area contributed by atoms with Crippen molar-refractivity contribution in [2.45, 2.75) is 71.6 Å². The highest BCUT2D eigenvalue weighted by Crippen LogP contribution is 2.36. The molecule has 1 heterocycles. The van der Waals surface area contributed by atoms with E-state index in [9.17, 15) is 18.0 Å². The molecule has 0 fully saturated rings. The molecule has 3 aromatic rings. The van der Waals surface area contributed by atoms with Crippen LogP contribution in [-0.2, 0) is 16.0 Å². The summed E-state index contributed by atoms with van der Waals surface area (Å²) in [6.45, 7) is 7.69. The third-order valence-electron chi connectivity index (χ3n) is 6.72. The molecular formula is C30H39F3N2O4. The van der Waals surface area contributed by atoms with E-state index in [-0.39, 0.29) is 19.1 Å². The molecule has 39 heavy (non-hydrogen) atoms. The van der Waals surface area contributed by atoms with Crippen molar-refractivity contribution >= 4 is 16.9 Å². The Hall–Kier alpha value is -3.04. The molecular weight excluding hydrogens is 509 g/mol. The van der Waals surface area contributed by atoms with Gasteiger partial charge >= 0.3 is 12.1 Å². The molecule has 6 nitrogen and oxygen atoms in total. The molecule has 1 aromatic heterocycles. The summed E-state index contributed by atoms with van der Waals surface area (Å²) in [4.78, 5) is 12.8. The summed E-state index contributed by atoms with van der Waals surface area (Å²) in [5.41, 5.74) is 12.2. The number of carbonyl (C=O) groups excluding carboxylic acids is 1. The van der Waals surface area contributed by atoms with Gasteiger partial charge in [-0.2, -0.15) is 13.2 Å². The SMILES string of the molecule is CCc1ccccc1-c1cc2ccc(OCC(C)(COC(=O)C(CC(C)N)C(C)(C)N)CC(F)(F)F)cc2o1. The highest BCUT2D eigenvalue weighted by Gasteiger charge is 2.42. The van der Waals surface area contributed by atoms with E-state index in [1.165, 1.54) is 6.92 Å². The Kier molecular flexibility index (Phi) is 9.39. The zero-order chi connectivity index (χ0) is 29.0. The Morgan fingerprint density at radius 1 is 1.05 bits per heavy atom. The Morgan fingerprint density at radius 3 is 2.36 bits per heavy atom. The fourth-order valence-corrected chi connectivity index (χ4v) is 4.61. The first-order valence-electron chi connectivity index (χ1n) is 13.1. The average Bonchev–Trinajstić information content (AvgIpc) is 3.26. The molecule has 4 N–H and O–H groups in total. The van der Waals surface area contributed by atoms with Gasteiger partial charge in [-0.05, 0) is 57.4 Å². The maximum Gasteiger partial charge on any atom is 0.389 e. The van der Waals surface area contributed by atoms with Crippen molar-refractivity contribution in [2.24, 2.45) is 22.8 Å². The van der Waals surface area contributed by atoms with Gasteiger partial charge in [0.2, 0.25) is 0 Å². The summed E-state index contributed by atoms with van der Waals surface area (Å²) in [6.07, 6.45) is -4.59. The number of aryl methyl sites for hydroxylation is 1. The molecule has 214 valence electrons. The molecule has 0 radical (unpaired) electrons. The molecule has 0 spiro atoms. The number of carbonyl (C=O) groups is 1. The van der Waals surface area contributed by atoms with Crippen molar-refractivity contribution in [1.82, 2.24) is 0 Å². The highest BCUT2D eigenvalue weighted by atomic mass is 19.4. The Morgan fingerprint density at radius 2 is 1.74 bits per heavy atom. The van der Waals surface area contributed by atoms with Crippen LogP contribution in [0.15, 0.2) is 52.9 Å². The molecule has 3 rings (SSSR count). The highest BCUT2D eigenvalue weighted by molar-refractivity contribution is 5.84. The van der Waals surface area contributed by atoms with Crippen LogP contribution in [0.25, 0.3) is 22.3 Å². The van der Waals surface area contributed by atoms with Gasteiger partial charge in [0.15, 0.2) is 0 Å². The maximum atomic E-state index is 13.5. The number of ether oxygens (including phenoxy) is 2. The second-order valence-electron chi connectivity index (χ2n) is 11.4. The summed E-state index contributed by atoms with van der Waals surface area (Å²) in [6, 6.07) is 14.7. The Bertz CT molecular complexity index is 1260. The van der Waals surface area contributed by atoms with Crippen LogP contribution in [0.5, 0.6) is 5.75 Å². The summed E-state index contributed by atoms with van der Waals surface area (Å²) >= 11 is 0. The summed E-state index contributed by atoms with van der Waals surface area (Å²) in [5.74, 6) is -0.380. The van der Waals surface area contributed by atoms with E-state index in [0.29, 0.717) is 17.1 Å². The normalized spacial score (nSPS) is 15.5. The van der Waals surface area contributed by atoms with E-state index in [0.717, 1.165) is 22.9 Å². The molecule has 3 atom stereocenters. The van der Waals surface area contributed by atoms with Gasteiger partial charge in [0.25, 0.3) is 0 Å². The third-order valence-corrected chi connectivity index (χ3v) is 6.72. The Balaban J connectivity index is 1.77. The van der Waals surface area contributed by atoms with Gasteiger partial charge < -0.3 is 25.4 Å². The smallest absolute Gasteiger partial charge is 0.389 e. The zero-order valence-electron chi connectivity index (χ0n) is 23.2. The first-order chi connectivity index (χ1) is 18.1. The van der Waals surface area contributed by atoms with E-state index in [4.69, 9.17) is 25.4 Å². The number of nitrogens with two attached hydrogens (primary N) is 2. The number of esters is 1. The number of alkyl halides is 3. The van der Waals surface area contributed by atoms with Gasteiger partial charge in [-0.3, -0.25) is 4.79 Å². The fraction of sp³-hybridized carbons (Fsp3) is 0.500.